The average molecular weight is 299 g/mol. The summed E-state index contributed by atoms with van der Waals surface area (Å²) in [5.74, 6) is 0.441. The van der Waals surface area contributed by atoms with E-state index in [0.29, 0.717) is 18.9 Å². The standard InChI is InChI=1S/C14H25N3O2S/c1-4-6-7-12-17(3)20(18,19)13-9-8-11-16-14(13)15-10-5-2/h8-9,11H,4-7,10,12H2,1-3H3,(H,15,16). The van der Waals surface area contributed by atoms with Gasteiger partial charge in [0.15, 0.2) is 0 Å². The van der Waals surface area contributed by atoms with Crippen LogP contribution in [0, 0.1) is 0 Å². The zero-order valence-electron chi connectivity index (χ0n) is 12.6. The highest BCUT2D eigenvalue weighted by Gasteiger charge is 2.24. The minimum absolute atomic E-state index is 0.257. The van der Waals surface area contributed by atoms with Gasteiger partial charge in [0.2, 0.25) is 10.0 Å². The molecule has 6 heteroatoms. The number of rotatable bonds is 9. The molecule has 0 radical (unpaired) electrons. The zero-order chi connectivity index (χ0) is 15.0. The molecule has 1 rings (SSSR count). The largest absolute Gasteiger partial charge is 0.369 e. The van der Waals surface area contributed by atoms with Crippen molar-refractivity contribution in [1.82, 2.24) is 9.29 Å². The maximum atomic E-state index is 12.6. The van der Waals surface area contributed by atoms with Gasteiger partial charge in [-0.15, -0.1) is 0 Å². The molecular formula is C14H25N3O2S. The van der Waals surface area contributed by atoms with Crippen molar-refractivity contribution in [3.05, 3.63) is 18.3 Å². The third kappa shape index (κ3) is 4.45. The molecule has 0 amide bonds. The van der Waals surface area contributed by atoms with Crippen molar-refractivity contribution in [3.63, 3.8) is 0 Å². The van der Waals surface area contributed by atoms with Crippen LogP contribution in [0.15, 0.2) is 23.2 Å². The lowest BCUT2D eigenvalue weighted by Gasteiger charge is -2.19. The van der Waals surface area contributed by atoms with Crippen LogP contribution in [0.3, 0.4) is 0 Å². The summed E-state index contributed by atoms with van der Waals surface area (Å²) < 4.78 is 26.5. The molecule has 0 aliphatic heterocycles. The summed E-state index contributed by atoms with van der Waals surface area (Å²) in [6.45, 7) is 5.38. The molecule has 114 valence electrons. The smallest absolute Gasteiger partial charge is 0.246 e. The summed E-state index contributed by atoms with van der Waals surface area (Å²) in [7, 11) is -1.85. The van der Waals surface area contributed by atoms with Crippen LogP contribution in [0.25, 0.3) is 0 Å². The molecule has 5 nitrogen and oxygen atoms in total. The Morgan fingerprint density at radius 3 is 2.65 bits per heavy atom. The Morgan fingerprint density at radius 2 is 2.00 bits per heavy atom. The second kappa shape index (κ2) is 8.21. The first-order chi connectivity index (χ1) is 9.54. The molecule has 0 unspecified atom stereocenters. The number of aromatic nitrogens is 1. The van der Waals surface area contributed by atoms with Crippen LogP contribution < -0.4 is 5.32 Å². The summed E-state index contributed by atoms with van der Waals surface area (Å²) in [5, 5.41) is 3.07. The fourth-order valence-corrected chi connectivity index (χ4v) is 3.17. The molecule has 0 spiro atoms. The first kappa shape index (κ1) is 16.9. The van der Waals surface area contributed by atoms with Gasteiger partial charge in [-0.25, -0.2) is 17.7 Å². The molecule has 1 aromatic rings. The number of hydrogen-bond donors (Lipinski definition) is 1. The molecule has 0 fully saturated rings. The molecule has 1 aromatic heterocycles. The van der Waals surface area contributed by atoms with Crippen molar-refractivity contribution in [1.29, 1.82) is 0 Å². The molecule has 0 saturated carbocycles. The van der Waals surface area contributed by atoms with Gasteiger partial charge in [-0.1, -0.05) is 26.7 Å². The molecule has 0 bridgehead atoms. The summed E-state index contributed by atoms with van der Waals surface area (Å²) in [4.78, 5) is 4.40. The quantitative estimate of drug-likeness (QED) is 0.712. The van der Waals surface area contributed by atoms with E-state index >= 15 is 0 Å². The number of unbranched alkanes of at least 4 members (excludes halogenated alkanes) is 2. The van der Waals surface area contributed by atoms with Crippen LogP contribution in [0.2, 0.25) is 0 Å². The lowest BCUT2D eigenvalue weighted by molar-refractivity contribution is 0.454. The third-order valence-electron chi connectivity index (χ3n) is 3.08. The number of nitrogens with one attached hydrogen (secondary N) is 1. The molecule has 1 N–H and O–H groups in total. The van der Waals surface area contributed by atoms with E-state index in [1.54, 1.807) is 25.4 Å². The molecule has 1 heterocycles. The Balaban J connectivity index is 2.90. The van der Waals surface area contributed by atoms with E-state index in [-0.39, 0.29) is 4.90 Å². The monoisotopic (exact) mass is 299 g/mol. The van der Waals surface area contributed by atoms with Gasteiger partial charge in [0.1, 0.15) is 10.7 Å². The van der Waals surface area contributed by atoms with E-state index in [0.717, 1.165) is 25.7 Å². The Bertz CT molecular complexity index is 503. The first-order valence-corrected chi connectivity index (χ1v) is 8.63. The van der Waals surface area contributed by atoms with Crippen LogP contribution >= 0.6 is 0 Å². The van der Waals surface area contributed by atoms with Gasteiger partial charge in [-0.3, -0.25) is 0 Å². The van der Waals surface area contributed by atoms with Crippen molar-refractivity contribution in [2.75, 3.05) is 25.5 Å². The lowest BCUT2D eigenvalue weighted by atomic mass is 10.2. The Morgan fingerprint density at radius 1 is 1.25 bits per heavy atom. The molecular weight excluding hydrogens is 274 g/mol. The molecule has 0 atom stereocenters. The van der Waals surface area contributed by atoms with Gasteiger partial charge in [-0.05, 0) is 25.0 Å². The fourth-order valence-electron chi connectivity index (χ4n) is 1.85. The maximum absolute atomic E-state index is 12.6. The summed E-state index contributed by atoms with van der Waals surface area (Å²) in [6.07, 6.45) is 5.51. The van der Waals surface area contributed by atoms with Gasteiger partial charge in [0.25, 0.3) is 0 Å². The second-order valence-corrected chi connectivity index (χ2v) is 6.82. The van der Waals surface area contributed by atoms with Crippen LogP contribution in [-0.4, -0.2) is 37.8 Å². The van der Waals surface area contributed by atoms with Gasteiger partial charge < -0.3 is 5.32 Å². The Hall–Kier alpha value is -1.14. The summed E-state index contributed by atoms with van der Waals surface area (Å²) >= 11 is 0. The van der Waals surface area contributed by atoms with E-state index in [9.17, 15) is 8.42 Å². The van der Waals surface area contributed by atoms with Crippen LogP contribution in [0.5, 0.6) is 0 Å². The number of sulfonamides is 1. The summed E-state index contributed by atoms with van der Waals surface area (Å²) in [5.41, 5.74) is 0. The number of hydrogen-bond acceptors (Lipinski definition) is 4. The normalized spacial score (nSPS) is 11.8. The average Bonchev–Trinajstić information content (AvgIpc) is 2.45. The Labute approximate surface area is 122 Å². The zero-order valence-corrected chi connectivity index (χ0v) is 13.4. The fraction of sp³-hybridized carbons (Fsp3) is 0.643. The van der Waals surface area contributed by atoms with Crippen LogP contribution in [0.4, 0.5) is 5.82 Å². The molecule has 0 aliphatic carbocycles. The van der Waals surface area contributed by atoms with Crippen molar-refractivity contribution in [2.24, 2.45) is 0 Å². The third-order valence-corrected chi connectivity index (χ3v) is 4.97. The van der Waals surface area contributed by atoms with E-state index < -0.39 is 10.0 Å². The van der Waals surface area contributed by atoms with Crippen molar-refractivity contribution < 1.29 is 8.42 Å². The van der Waals surface area contributed by atoms with Crippen molar-refractivity contribution in [3.8, 4) is 0 Å². The minimum atomic E-state index is -3.47. The van der Waals surface area contributed by atoms with E-state index in [4.69, 9.17) is 0 Å². The summed E-state index contributed by atoms with van der Waals surface area (Å²) in [6, 6.07) is 3.26. The van der Waals surface area contributed by atoms with Crippen LogP contribution in [-0.2, 0) is 10.0 Å². The highest BCUT2D eigenvalue weighted by atomic mass is 32.2. The second-order valence-electron chi connectivity index (χ2n) is 4.81. The van der Waals surface area contributed by atoms with Crippen molar-refractivity contribution in [2.45, 2.75) is 44.4 Å². The van der Waals surface area contributed by atoms with Gasteiger partial charge in [0, 0.05) is 26.3 Å². The van der Waals surface area contributed by atoms with Crippen molar-refractivity contribution >= 4 is 15.8 Å². The maximum Gasteiger partial charge on any atom is 0.246 e. The van der Waals surface area contributed by atoms with E-state index in [2.05, 4.69) is 17.2 Å². The number of nitrogens with zero attached hydrogens (tertiary/aromatic N) is 2. The van der Waals surface area contributed by atoms with Gasteiger partial charge in [0.05, 0.1) is 0 Å². The van der Waals surface area contributed by atoms with Crippen LogP contribution in [0.1, 0.15) is 39.5 Å². The van der Waals surface area contributed by atoms with E-state index in [1.807, 2.05) is 6.92 Å². The first-order valence-electron chi connectivity index (χ1n) is 7.19. The van der Waals surface area contributed by atoms with Gasteiger partial charge in [-0.2, -0.15) is 0 Å². The predicted octanol–water partition coefficient (Wildman–Crippen LogP) is 2.71. The highest BCUT2D eigenvalue weighted by molar-refractivity contribution is 7.89. The highest BCUT2D eigenvalue weighted by Crippen LogP contribution is 2.21. The molecule has 0 aromatic carbocycles. The van der Waals surface area contributed by atoms with E-state index in [1.165, 1.54) is 4.31 Å². The topological polar surface area (TPSA) is 62.3 Å². The lowest BCUT2D eigenvalue weighted by Crippen LogP contribution is -2.29. The molecule has 0 saturated heterocycles. The van der Waals surface area contributed by atoms with Gasteiger partial charge >= 0.3 is 0 Å². The molecule has 0 aliphatic rings. The molecule has 20 heavy (non-hydrogen) atoms. The number of pyridine rings is 1. The predicted molar refractivity (Wildman–Crippen MR) is 82.4 cm³/mol. The number of anilines is 1. The SMILES string of the molecule is CCCCCN(C)S(=O)(=O)c1cccnc1NCCC. The minimum Gasteiger partial charge on any atom is -0.369 e. The Kier molecular flexibility index (Phi) is 6.95.